The van der Waals surface area contributed by atoms with Gasteiger partial charge in [-0.2, -0.15) is 0 Å². The molecule has 0 fully saturated rings. The van der Waals surface area contributed by atoms with Crippen molar-refractivity contribution >= 4 is 17.9 Å². The van der Waals surface area contributed by atoms with E-state index < -0.39 is 6.10 Å². The lowest BCUT2D eigenvalue weighted by atomic mass is 10.0. The third kappa shape index (κ3) is 58.3. The van der Waals surface area contributed by atoms with Crippen LogP contribution in [0.15, 0.2) is 48.6 Å². The van der Waals surface area contributed by atoms with Crippen molar-refractivity contribution in [1.82, 2.24) is 0 Å². The molecule has 0 rings (SSSR count). The minimum Gasteiger partial charge on any atom is -0.462 e. The Hall–Kier alpha value is -2.63. The van der Waals surface area contributed by atoms with E-state index in [-0.39, 0.29) is 31.1 Å². The molecule has 0 aliphatic rings. The summed E-state index contributed by atoms with van der Waals surface area (Å²) in [6, 6.07) is 0. The number of rotatable bonds is 58. The second-order valence-electron chi connectivity index (χ2n) is 21.3. The van der Waals surface area contributed by atoms with Gasteiger partial charge in [0, 0.05) is 19.3 Å². The van der Waals surface area contributed by atoms with Crippen LogP contribution in [0, 0.1) is 0 Å². The number of hydrogen-bond acceptors (Lipinski definition) is 6. The van der Waals surface area contributed by atoms with E-state index in [1.807, 2.05) is 0 Å². The maximum Gasteiger partial charge on any atom is 0.306 e. The molecule has 0 aliphatic heterocycles. The lowest BCUT2D eigenvalue weighted by Crippen LogP contribution is -2.30. The molecule has 0 bridgehead atoms. The zero-order valence-electron chi connectivity index (χ0n) is 48.2. The van der Waals surface area contributed by atoms with E-state index in [1.54, 1.807) is 0 Å². The van der Waals surface area contributed by atoms with Gasteiger partial charge >= 0.3 is 17.9 Å². The Morgan fingerprint density at radius 3 is 0.847 bits per heavy atom. The number of carbonyl (C=O) groups excluding carboxylic acids is 3. The summed E-state index contributed by atoms with van der Waals surface area (Å²) in [5.41, 5.74) is 0. The highest BCUT2D eigenvalue weighted by atomic mass is 16.6. The van der Waals surface area contributed by atoms with Crippen molar-refractivity contribution in [3.8, 4) is 0 Å². The lowest BCUT2D eigenvalue weighted by molar-refractivity contribution is -0.167. The molecule has 6 heteroatoms. The minimum atomic E-state index is -0.778. The average Bonchev–Trinajstić information content (AvgIpc) is 3.38. The lowest BCUT2D eigenvalue weighted by Gasteiger charge is -2.18. The molecule has 0 radical (unpaired) electrons. The third-order valence-electron chi connectivity index (χ3n) is 14.1. The van der Waals surface area contributed by atoms with Crippen LogP contribution in [0.4, 0.5) is 0 Å². The van der Waals surface area contributed by atoms with Crippen LogP contribution in [0.3, 0.4) is 0 Å². The van der Waals surface area contributed by atoms with Gasteiger partial charge in [0.05, 0.1) is 0 Å². The van der Waals surface area contributed by atoms with Crippen LogP contribution in [0.25, 0.3) is 0 Å². The van der Waals surface area contributed by atoms with Crippen molar-refractivity contribution in [1.29, 1.82) is 0 Å². The summed E-state index contributed by atoms with van der Waals surface area (Å²) in [5.74, 6) is -0.866. The zero-order valence-corrected chi connectivity index (χ0v) is 48.2. The van der Waals surface area contributed by atoms with Crippen LogP contribution in [-0.2, 0) is 28.6 Å². The number of carbonyl (C=O) groups is 3. The van der Waals surface area contributed by atoms with Crippen molar-refractivity contribution < 1.29 is 28.6 Å². The predicted octanol–water partition coefficient (Wildman–Crippen LogP) is 21.4. The monoisotopic (exact) mass is 1010 g/mol. The van der Waals surface area contributed by atoms with E-state index in [0.717, 1.165) is 96.3 Å². The van der Waals surface area contributed by atoms with E-state index >= 15 is 0 Å². The fourth-order valence-electron chi connectivity index (χ4n) is 9.38. The molecule has 0 aromatic heterocycles. The molecule has 0 aliphatic carbocycles. The summed E-state index contributed by atoms with van der Waals surface area (Å²) in [7, 11) is 0. The molecule has 0 N–H and O–H groups in total. The number of esters is 3. The van der Waals surface area contributed by atoms with Gasteiger partial charge in [0.1, 0.15) is 13.2 Å². The summed E-state index contributed by atoms with van der Waals surface area (Å²) >= 11 is 0. The molecular weight excluding hydrogens is 889 g/mol. The van der Waals surface area contributed by atoms with Gasteiger partial charge in [-0.15, -0.1) is 0 Å². The van der Waals surface area contributed by atoms with Gasteiger partial charge < -0.3 is 14.2 Å². The Morgan fingerprint density at radius 1 is 0.292 bits per heavy atom. The highest BCUT2D eigenvalue weighted by Gasteiger charge is 2.19. The molecule has 420 valence electrons. The standard InChI is InChI=1S/C66H120O6/c1-4-7-10-13-16-19-22-25-27-29-31-32-33-35-36-38-41-44-47-50-53-56-59-65(68)71-62-63(61-70-64(67)58-55-52-49-46-43-40-24-21-18-15-12-9-6-3)72-66(69)60-57-54-51-48-45-42-39-37-34-30-28-26-23-20-17-14-11-8-5-2/h8,11,17,20,26,28,34,37,63H,4-7,9-10,12-16,18-19,21-25,27,29-33,35-36,38-62H2,1-3H3/b11-8-,20-17-,28-26-,37-34-. The summed E-state index contributed by atoms with van der Waals surface area (Å²) < 4.78 is 16.9. The van der Waals surface area contributed by atoms with E-state index in [9.17, 15) is 14.4 Å². The summed E-state index contributed by atoms with van der Waals surface area (Å²) in [4.78, 5) is 38.3. The molecule has 0 amide bonds. The largest absolute Gasteiger partial charge is 0.462 e. The second kappa shape index (κ2) is 60.9. The summed E-state index contributed by atoms with van der Waals surface area (Å²) in [5, 5.41) is 0. The van der Waals surface area contributed by atoms with E-state index in [1.165, 1.54) is 199 Å². The first kappa shape index (κ1) is 69.4. The van der Waals surface area contributed by atoms with Crippen LogP contribution in [0.5, 0.6) is 0 Å². The molecule has 6 nitrogen and oxygen atoms in total. The van der Waals surface area contributed by atoms with Crippen LogP contribution < -0.4 is 0 Å². The van der Waals surface area contributed by atoms with Gasteiger partial charge in [0.15, 0.2) is 6.10 Å². The first-order valence-corrected chi connectivity index (χ1v) is 31.6. The third-order valence-corrected chi connectivity index (χ3v) is 14.1. The van der Waals surface area contributed by atoms with Gasteiger partial charge in [-0.1, -0.05) is 307 Å². The first-order valence-electron chi connectivity index (χ1n) is 31.6. The molecule has 1 atom stereocenters. The Kier molecular flexibility index (Phi) is 58.7. The molecule has 0 saturated carbocycles. The van der Waals surface area contributed by atoms with Crippen LogP contribution >= 0.6 is 0 Å². The zero-order chi connectivity index (χ0) is 52.2. The Labute approximate surface area is 448 Å². The highest BCUT2D eigenvalue weighted by molar-refractivity contribution is 5.71. The van der Waals surface area contributed by atoms with Crippen LogP contribution in [0.2, 0.25) is 0 Å². The maximum absolute atomic E-state index is 12.9. The number of ether oxygens (including phenoxy) is 3. The smallest absolute Gasteiger partial charge is 0.306 e. The molecular formula is C66H120O6. The minimum absolute atomic E-state index is 0.0742. The quantitative estimate of drug-likeness (QED) is 0.0261. The molecule has 0 aromatic rings. The van der Waals surface area contributed by atoms with Gasteiger partial charge in [-0.25, -0.2) is 0 Å². The summed E-state index contributed by atoms with van der Waals surface area (Å²) in [6.07, 6.45) is 75.4. The number of allylic oxidation sites excluding steroid dienone is 8. The van der Waals surface area contributed by atoms with Gasteiger partial charge in [0.25, 0.3) is 0 Å². The molecule has 0 heterocycles. The number of unbranched alkanes of at least 4 members (excludes halogenated alkanes) is 39. The molecule has 72 heavy (non-hydrogen) atoms. The fraction of sp³-hybridized carbons (Fsp3) is 0.833. The second-order valence-corrected chi connectivity index (χ2v) is 21.3. The SMILES string of the molecule is CC/C=C\C/C=C\C/C=C\C/C=C\CCCCCCCCC(=O)OC(COC(=O)CCCCCCCCCCCCCCC)COC(=O)CCCCCCCCCCCCCCCCCCCCCCCC. The predicted molar refractivity (Wildman–Crippen MR) is 312 cm³/mol. The van der Waals surface area contributed by atoms with Crippen LogP contribution in [-0.4, -0.2) is 37.2 Å². The Morgan fingerprint density at radius 2 is 0.542 bits per heavy atom. The molecule has 0 aromatic carbocycles. The maximum atomic E-state index is 12.9. The molecule has 1 unspecified atom stereocenters. The topological polar surface area (TPSA) is 78.9 Å². The fourth-order valence-corrected chi connectivity index (χ4v) is 9.38. The Bertz CT molecular complexity index is 1250. The van der Waals surface area contributed by atoms with Crippen molar-refractivity contribution in [2.75, 3.05) is 13.2 Å². The van der Waals surface area contributed by atoms with Crippen molar-refractivity contribution in [3.05, 3.63) is 48.6 Å². The molecule has 0 saturated heterocycles. The Balaban J connectivity index is 4.30. The van der Waals surface area contributed by atoms with Gasteiger partial charge in [-0.05, 0) is 57.8 Å². The van der Waals surface area contributed by atoms with E-state index in [0.29, 0.717) is 19.3 Å². The van der Waals surface area contributed by atoms with Gasteiger partial charge in [0.2, 0.25) is 0 Å². The first-order chi connectivity index (χ1) is 35.5. The van der Waals surface area contributed by atoms with Crippen molar-refractivity contribution in [2.45, 2.75) is 341 Å². The van der Waals surface area contributed by atoms with Crippen molar-refractivity contribution in [3.63, 3.8) is 0 Å². The molecule has 0 spiro atoms. The normalized spacial score (nSPS) is 12.3. The number of hydrogen-bond donors (Lipinski definition) is 0. The highest BCUT2D eigenvalue weighted by Crippen LogP contribution is 2.18. The van der Waals surface area contributed by atoms with Gasteiger partial charge in [-0.3, -0.25) is 14.4 Å². The van der Waals surface area contributed by atoms with E-state index in [4.69, 9.17) is 14.2 Å². The summed E-state index contributed by atoms with van der Waals surface area (Å²) in [6.45, 7) is 6.57. The average molecular weight is 1010 g/mol. The van der Waals surface area contributed by atoms with Crippen molar-refractivity contribution in [2.24, 2.45) is 0 Å². The van der Waals surface area contributed by atoms with Crippen LogP contribution in [0.1, 0.15) is 335 Å². The van der Waals surface area contributed by atoms with E-state index in [2.05, 4.69) is 69.4 Å².